The standard InChI is InChI=1S/C13H10ClIN2O/c1-8-11(5-6-12(14)16-8)17-13(18)9-3-2-4-10(15)7-9/h2-7H,1H3,(H,17,18). The van der Waals surface area contributed by atoms with Gasteiger partial charge in [-0.1, -0.05) is 17.7 Å². The zero-order valence-electron chi connectivity index (χ0n) is 9.58. The second-order valence-electron chi connectivity index (χ2n) is 3.73. The maximum atomic E-state index is 12.0. The van der Waals surface area contributed by atoms with E-state index in [0.717, 1.165) is 3.57 Å². The first kappa shape index (κ1) is 13.3. The molecule has 0 aliphatic carbocycles. The van der Waals surface area contributed by atoms with Gasteiger partial charge in [0.2, 0.25) is 0 Å². The fourth-order valence-corrected chi connectivity index (χ4v) is 2.22. The fraction of sp³-hybridized carbons (Fsp3) is 0.0769. The van der Waals surface area contributed by atoms with E-state index < -0.39 is 0 Å². The Kier molecular flexibility index (Phi) is 4.19. The summed E-state index contributed by atoms with van der Waals surface area (Å²) in [5.41, 5.74) is 1.99. The Balaban J connectivity index is 2.21. The molecule has 1 aromatic heterocycles. The van der Waals surface area contributed by atoms with Gasteiger partial charge in [0.25, 0.3) is 5.91 Å². The molecule has 5 heteroatoms. The predicted octanol–water partition coefficient (Wildman–Crippen LogP) is 3.90. The molecular formula is C13H10ClIN2O. The molecular weight excluding hydrogens is 363 g/mol. The van der Waals surface area contributed by atoms with E-state index in [4.69, 9.17) is 11.6 Å². The molecule has 92 valence electrons. The molecule has 0 atom stereocenters. The van der Waals surface area contributed by atoms with Crippen LogP contribution in [0, 0.1) is 10.5 Å². The number of rotatable bonds is 2. The van der Waals surface area contributed by atoms with Gasteiger partial charge in [-0.2, -0.15) is 0 Å². The molecule has 0 fully saturated rings. The van der Waals surface area contributed by atoms with E-state index in [1.54, 1.807) is 25.1 Å². The van der Waals surface area contributed by atoms with Crippen molar-refractivity contribution in [2.75, 3.05) is 5.32 Å². The second kappa shape index (κ2) is 5.67. The Morgan fingerprint density at radius 1 is 1.33 bits per heavy atom. The monoisotopic (exact) mass is 372 g/mol. The highest BCUT2D eigenvalue weighted by Crippen LogP contribution is 2.17. The SMILES string of the molecule is Cc1nc(Cl)ccc1NC(=O)c1cccc(I)c1. The van der Waals surface area contributed by atoms with Gasteiger partial charge >= 0.3 is 0 Å². The minimum Gasteiger partial charge on any atom is -0.320 e. The molecule has 1 aromatic carbocycles. The van der Waals surface area contributed by atoms with Gasteiger partial charge < -0.3 is 5.32 Å². The molecule has 0 spiro atoms. The Bertz CT molecular complexity index is 601. The quantitative estimate of drug-likeness (QED) is 0.642. The summed E-state index contributed by atoms with van der Waals surface area (Å²) in [4.78, 5) is 16.1. The van der Waals surface area contributed by atoms with Gasteiger partial charge in [-0.15, -0.1) is 0 Å². The predicted molar refractivity (Wildman–Crippen MR) is 81.1 cm³/mol. The summed E-state index contributed by atoms with van der Waals surface area (Å²) in [6.45, 7) is 1.80. The van der Waals surface area contributed by atoms with Crippen LogP contribution in [0.4, 0.5) is 5.69 Å². The van der Waals surface area contributed by atoms with Crippen molar-refractivity contribution >= 4 is 45.8 Å². The van der Waals surface area contributed by atoms with Crippen LogP contribution in [-0.2, 0) is 0 Å². The van der Waals surface area contributed by atoms with Crippen molar-refractivity contribution in [1.29, 1.82) is 0 Å². The molecule has 0 aliphatic rings. The molecule has 2 rings (SSSR count). The van der Waals surface area contributed by atoms with Gasteiger partial charge in [0.05, 0.1) is 11.4 Å². The number of hydrogen-bond acceptors (Lipinski definition) is 2. The minimum absolute atomic E-state index is 0.152. The first-order valence-electron chi connectivity index (χ1n) is 5.26. The highest BCUT2D eigenvalue weighted by atomic mass is 127. The first-order chi connectivity index (χ1) is 8.56. The van der Waals surface area contributed by atoms with Crippen LogP contribution in [0.2, 0.25) is 5.15 Å². The van der Waals surface area contributed by atoms with E-state index in [9.17, 15) is 4.79 Å². The van der Waals surface area contributed by atoms with E-state index in [-0.39, 0.29) is 5.91 Å². The maximum absolute atomic E-state index is 12.0. The van der Waals surface area contributed by atoms with Crippen LogP contribution in [0.25, 0.3) is 0 Å². The lowest BCUT2D eigenvalue weighted by atomic mass is 10.2. The molecule has 1 amide bonds. The van der Waals surface area contributed by atoms with Gasteiger partial charge in [0, 0.05) is 9.13 Å². The topological polar surface area (TPSA) is 42.0 Å². The van der Waals surface area contributed by atoms with Gasteiger partial charge in [0.1, 0.15) is 5.15 Å². The summed E-state index contributed by atoms with van der Waals surface area (Å²) in [5, 5.41) is 3.23. The molecule has 0 saturated carbocycles. The number of amides is 1. The summed E-state index contributed by atoms with van der Waals surface area (Å²) in [6.07, 6.45) is 0. The largest absolute Gasteiger partial charge is 0.320 e. The Morgan fingerprint density at radius 3 is 2.78 bits per heavy atom. The molecule has 0 aliphatic heterocycles. The number of anilines is 1. The second-order valence-corrected chi connectivity index (χ2v) is 5.36. The van der Waals surface area contributed by atoms with Gasteiger partial charge in [-0.05, 0) is 59.8 Å². The normalized spacial score (nSPS) is 10.2. The summed E-state index contributed by atoms with van der Waals surface area (Å²) in [5.74, 6) is -0.152. The third-order valence-corrected chi connectivity index (χ3v) is 3.27. The molecule has 3 nitrogen and oxygen atoms in total. The van der Waals surface area contributed by atoms with Crippen LogP contribution < -0.4 is 5.32 Å². The third-order valence-electron chi connectivity index (χ3n) is 2.39. The van der Waals surface area contributed by atoms with Crippen molar-refractivity contribution in [2.45, 2.75) is 6.92 Å². The number of carbonyl (C=O) groups excluding carboxylic acids is 1. The molecule has 18 heavy (non-hydrogen) atoms. The van der Waals surface area contributed by atoms with Crippen molar-refractivity contribution in [3.8, 4) is 0 Å². The average Bonchev–Trinajstić information content (AvgIpc) is 2.32. The number of nitrogens with zero attached hydrogens (tertiary/aromatic N) is 1. The maximum Gasteiger partial charge on any atom is 0.255 e. The summed E-state index contributed by atoms with van der Waals surface area (Å²) >= 11 is 7.94. The number of aromatic nitrogens is 1. The number of carbonyl (C=O) groups is 1. The van der Waals surface area contributed by atoms with Crippen LogP contribution in [-0.4, -0.2) is 10.9 Å². The van der Waals surface area contributed by atoms with E-state index in [2.05, 4.69) is 32.9 Å². The Hall–Kier alpha value is -1.14. The number of benzene rings is 1. The Morgan fingerprint density at radius 2 is 2.11 bits per heavy atom. The fourth-order valence-electron chi connectivity index (χ4n) is 1.49. The van der Waals surface area contributed by atoms with E-state index in [0.29, 0.717) is 22.1 Å². The Labute approximate surface area is 124 Å². The average molecular weight is 373 g/mol. The van der Waals surface area contributed by atoms with E-state index in [1.165, 1.54) is 0 Å². The van der Waals surface area contributed by atoms with Crippen molar-refractivity contribution in [2.24, 2.45) is 0 Å². The van der Waals surface area contributed by atoms with Crippen molar-refractivity contribution < 1.29 is 4.79 Å². The van der Waals surface area contributed by atoms with Crippen LogP contribution in [0.15, 0.2) is 36.4 Å². The lowest BCUT2D eigenvalue weighted by Gasteiger charge is -2.08. The molecule has 2 aromatic rings. The summed E-state index contributed by atoms with van der Waals surface area (Å²) < 4.78 is 1.02. The zero-order valence-corrected chi connectivity index (χ0v) is 12.5. The third kappa shape index (κ3) is 3.20. The molecule has 1 heterocycles. The highest BCUT2D eigenvalue weighted by molar-refractivity contribution is 14.1. The molecule has 1 N–H and O–H groups in total. The van der Waals surface area contributed by atoms with Crippen LogP contribution in [0.1, 0.15) is 16.1 Å². The number of nitrogens with one attached hydrogen (secondary N) is 1. The van der Waals surface area contributed by atoms with E-state index >= 15 is 0 Å². The van der Waals surface area contributed by atoms with Gasteiger partial charge in [0.15, 0.2) is 0 Å². The molecule has 0 radical (unpaired) electrons. The van der Waals surface area contributed by atoms with Crippen molar-refractivity contribution in [3.63, 3.8) is 0 Å². The lowest BCUT2D eigenvalue weighted by Crippen LogP contribution is -2.13. The molecule has 0 saturated heterocycles. The smallest absolute Gasteiger partial charge is 0.255 e. The number of halogens is 2. The van der Waals surface area contributed by atoms with Crippen LogP contribution in [0.3, 0.4) is 0 Å². The van der Waals surface area contributed by atoms with Crippen LogP contribution >= 0.6 is 34.2 Å². The number of hydrogen-bond donors (Lipinski definition) is 1. The lowest BCUT2D eigenvalue weighted by molar-refractivity contribution is 0.102. The van der Waals surface area contributed by atoms with E-state index in [1.807, 2.05) is 18.2 Å². The summed E-state index contributed by atoms with van der Waals surface area (Å²) in [7, 11) is 0. The van der Waals surface area contributed by atoms with Crippen molar-refractivity contribution in [3.05, 3.63) is 56.4 Å². The van der Waals surface area contributed by atoms with Crippen molar-refractivity contribution in [1.82, 2.24) is 4.98 Å². The first-order valence-corrected chi connectivity index (χ1v) is 6.72. The molecule has 0 bridgehead atoms. The zero-order chi connectivity index (χ0) is 13.1. The van der Waals surface area contributed by atoms with Gasteiger partial charge in [-0.3, -0.25) is 4.79 Å². The van der Waals surface area contributed by atoms with Gasteiger partial charge in [-0.25, -0.2) is 4.98 Å². The van der Waals surface area contributed by atoms with Crippen LogP contribution in [0.5, 0.6) is 0 Å². The number of aryl methyl sites for hydroxylation is 1. The molecule has 0 unspecified atom stereocenters. The summed E-state index contributed by atoms with van der Waals surface area (Å²) in [6, 6.07) is 10.8. The minimum atomic E-state index is -0.152. The number of pyridine rings is 1. The highest BCUT2D eigenvalue weighted by Gasteiger charge is 2.08.